The molecule has 1 aliphatic rings. The molecule has 0 spiro atoms. The van der Waals surface area contributed by atoms with E-state index in [0.29, 0.717) is 29.9 Å². The first-order chi connectivity index (χ1) is 14.8. The van der Waals surface area contributed by atoms with Crippen molar-refractivity contribution < 1.29 is 22.7 Å². The van der Waals surface area contributed by atoms with Crippen LogP contribution in [0.3, 0.4) is 0 Å². The maximum absolute atomic E-state index is 13.1. The Morgan fingerprint density at radius 2 is 1.74 bits per heavy atom. The smallest absolute Gasteiger partial charge is 0.338 e. The fourth-order valence-electron chi connectivity index (χ4n) is 3.57. The van der Waals surface area contributed by atoms with E-state index < -0.39 is 21.9 Å². The monoisotopic (exact) mass is 444 g/mol. The Hall–Kier alpha value is -2.71. The standard InChI is InChI=1S/C23H28N2O5S/c1-3-30-23(27)18-9-8-10-19(15-18)24-22(26)21-16-20(12-11-17(21)2)31(28,29)25-13-6-4-5-7-14-25/h8-12,15-16H,3-7,13-14H2,1-2H3,(H,24,26). The van der Waals surface area contributed by atoms with Gasteiger partial charge in [-0.2, -0.15) is 4.31 Å². The van der Waals surface area contributed by atoms with Crippen molar-refractivity contribution in [1.82, 2.24) is 4.31 Å². The Balaban J connectivity index is 1.84. The SMILES string of the molecule is CCOC(=O)c1cccc(NC(=O)c2cc(S(=O)(=O)N3CCCCCC3)ccc2C)c1. The number of aryl methyl sites for hydroxylation is 1. The fourth-order valence-corrected chi connectivity index (χ4v) is 5.12. The molecule has 3 rings (SSSR count). The van der Waals surface area contributed by atoms with Crippen LogP contribution in [0.4, 0.5) is 5.69 Å². The summed E-state index contributed by atoms with van der Waals surface area (Å²) in [7, 11) is -3.66. The molecule has 1 N–H and O–H groups in total. The van der Waals surface area contributed by atoms with Gasteiger partial charge in [0.2, 0.25) is 10.0 Å². The van der Waals surface area contributed by atoms with E-state index in [1.165, 1.54) is 16.4 Å². The third-order valence-corrected chi connectivity index (χ3v) is 7.18. The molecule has 2 aromatic rings. The van der Waals surface area contributed by atoms with Crippen LogP contribution in [-0.2, 0) is 14.8 Å². The van der Waals surface area contributed by atoms with Gasteiger partial charge in [-0.15, -0.1) is 0 Å². The van der Waals surface area contributed by atoms with Gasteiger partial charge in [-0.3, -0.25) is 4.79 Å². The number of nitrogens with one attached hydrogen (secondary N) is 1. The van der Waals surface area contributed by atoms with Crippen LogP contribution in [0.15, 0.2) is 47.4 Å². The molecule has 0 atom stereocenters. The van der Waals surface area contributed by atoms with Crippen molar-refractivity contribution in [2.24, 2.45) is 0 Å². The number of rotatable bonds is 6. The van der Waals surface area contributed by atoms with E-state index in [2.05, 4.69) is 5.32 Å². The lowest BCUT2D eigenvalue weighted by Crippen LogP contribution is -2.32. The molecule has 0 bridgehead atoms. The minimum Gasteiger partial charge on any atom is -0.462 e. The summed E-state index contributed by atoms with van der Waals surface area (Å²) in [6, 6.07) is 11.1. The Morgan fingerprint density at radius 1 is 1.03 bits per heavy atom. The first-order valence-electron chi connectivity index (χ1n) is 10.5. The van der Waals surface area contributed by atoms with E-state index in [1.54, 1.807) is 44.2 Å². The molecule has 166 valence electrons. The summed E-state index contributed by atoms with van der Waals surface area (Å²) in [5.41, 5.74) is 1.69. The number of esters is 1. The number of anilines is 1. The summed E-state index contributed by atoms with van der Waals surface area (Å²) >= 11 is 0. The highest BCUT2D eigenvalue weighted by molar-refractivity contribution is 7.89. The van der Waals surface area contributed by atoms with Gasteiger partial charge < -0.3 is 10.1 Å². The van der Waals surface area contributed by atoms with Crippen molar-refractivity contribution in [3.8, 4) is 0 Å². The molecule has 0 saturated carbocycles. The molecule has 1 saturated heterocycles. The summed E-state index contributed by atoms with van der Waals surface area (Å²) in [5, 5.41) is 2.75. The third-order valence-electron chi connectivity index (χ3n) is 5.29. The zero-order valence-corrected chi connectivity index (χ0v) is 18.7. The van der Waals surface area contributed by atoms with E-state index >= 15 is 0 Å². The Labute approximate surface area is 183 Å². The van der Waals surface area contributed by atoms with Gasteiger partial charge in [0, 0.05) is 24.3 Å². The summed E-state index contributed by atoms with van der Waals surface area (Å²) in [4.78, 5) is 25.0. The maximum Gasteiger partial charge on any atom is 0.338 e. The fraction of sp³-hybridized carbons (Fsp3) is 0.391. The number of carbonyl (C=O) groups is 2. The number of hydrogen-bond acceptors (Lipinski definition) is 5. The van der Waals surface area contributed by atoms with Crippen molar-refractivity contribution in [3.05, 3.63) is 59.2 Å². The number of benzene rings is 2. The van der Waals surface area contributed by atoms with Gasteiger partial charge in [0.1, 0.15) is 0 Å². The van der Waals surface area contributed by atoms with Crippen molar-refractivity contribution in [1.29, 1.82) is 0 Å². The third kappa shape index (κ3) is 5.51. The van der Waals surface area contributed by atoms with Gasteiger partial charge in [-0.05, 0) is 62.6 Å². The summed E-state index contributed by atoms with van der Waals surface area (Å²) < 4.78 is 32.7. The topological polar surface area (TPSA) is 92.8 Å². The van der Waals surface area contributed by atoms with Gasteiger partial charge in [0.15, 0.2) is 0 Å². The zero-order chi connectivity index (χ0) is 22.4. The van der Waals surface area contributed by atoms with E-state index in [4.69, 9.17) is 4.74 Å². The molecule has 1 fully saturated rings. The number of sulfonamides is 1. The Kier molecular flexibility index (Phi) is 7.46. The predicted octanol–water partition coefficient (Wildman–Crippen LogP) is 3.99. The molecule has 0 aliphatic carbocycles. The number of hydrogen-bond donors (Lipinski definition) is 1. The summed E-state index contributed by atoms with van der Waals surface area (Å²) in [6.45, 7) is 4.73. The van der Waals surface area contributed by atoms with Crippen molar-refractivity contribution in [3.63, 3.8) is 0 Å². The number of ether oxygens (including phenoxy) is 1. The first kappa shape index (κ1) is 23.0. The minimum absolute atomic E-state index is 0.116. The van der Waals surface area contributed by atoms with E-state index in [1.807, 2.05) is 0 Å². The quantitative estimate of drug-likeness (QED) is 0.680. The van der Waals surface area contributed by atoms with Gasteiger partial charge in [0.05, 0.1) is 17.1 Å². The van der Waals surface area contributed by atoms with Gasteiger partial charge in [-0.25, -0.2) is 13.2 Å². The second kappa shape index (κ2) is 10.1. The molecule has 2 aromatic carbocycles. The number of nitrogens with zero attached hydrogens (tertiary/aromatic N) is 1. The maximum atomic E-state index is 13.1. The van der Waals surface area contributed by atoms with E-state index in [-0.39, 0.29) is 17.1 Å². The molecule has 0 unspecified atom stereocenters. The second-order valence-corrected chi connectivity index (χ2v) is 9.49. The average molecular weight is 445 g/mol. The lowest BCUT2D eigenvalue weighted by molar-refractivity contribution is 0.0526. The van der Waals surface area contributed by atoms with Crippen molar-refractivity contribution >= 4 is 27.6 Å². The molecule has 8 heteroatoms. The molecule has 0 radical (unpaired) electrons. The highest BCUT2D eigenvalue weighted by Crippen LogP contribution is 2.23. The van der Waals surface area contributed by atoms with E-state index in [0.717, 1.165) is 25.7 Å². The Bertz CT molecular complexity index is 1060. The first-order valence-corrected chi connectivity index (χ1v) is 12.0. The zero-order valence-electron chi connectivity index (χ0n) is 17.9. The van der Waals surface area contributed by atoms with Crippen molar-refractivity contribution in [2.45, 2.75) is 44.4 Å². The van der Waals surface area contributed by atoms with Gasteiger partial charge in [-0.1, -0.05) is 25.0 Å². The van der Waals surface area contributed by atoms with Crippen LogP contribution in [0.25, 0.3) is 0 Å². The van der Waals surface area contributed by atoms with Crippen LogP contribution >= 0.6 is 0 Å². The molecule has 1 aliphatic heterocycles. The van der Waals surface area contributed by atoms with Crippen LogP contribution in [0.1, 0.15) is 58.9 Å². The number of amides is 1. The van der Waals surface area contributed by atoms with Crippen LogP contribution in [-0.4, -0.2) is 44.3 Å². The van der Waals surface area contributed by atoms with Crippen LogP contribution < -0.4 is 5.32 Å². The van der Waals surface area contributed by atoms with Gasteiger partial charge >= 0.3 is 5.97 Å². The second-order valence-electron chi connectivity index (χ2n) is 7.55. The normalized spacial score (nSPS) is 15.2. The highest BCUT2D eigenvalue weighted by atomic mass is 32.2. The largest absolute Gasteiger partial charge is 0.462 e. The molecule has 1 amide bonds. The lowest BCUT2D eigenvalue weighted by atomic mass is 10.1. The predicted molar refractivity (Wildman–Crippen MR) is 119 cm³/mol. The average Bonchev–Trinajstić information content (AvgIpc) is 3.04. The minimum atomic E-state index is -3.66. The van der Waals surface area contributed by atoms with Crippen LogP contribution in [0.5, 0.6) is 0 Å². The Morgan fingerprint density at radius 3 is 2.42 bits per heavy atom. The molecule has 0 aromatic heterocycles. The molecular weight excluding hydrogens is 416 g/mol. The van der Waals surface area contributed by atoms with Crippen LogP contribution in [0.2, 0.25) is 0 Å². The number of carbonyl (C=O) groups excluding carboxylic acids is 2. The molecule has 7 nitrogen and oxygen atoms in total. The highest BCUT2D eigenvalue weighted by Gasteiger charge is 2.26. The van der Waals surface area contributed by atoms with Gasteiger partial charge in [0.25, 0.3) is 5.91 Å². The van der Waals surface area contributed by atoms with E-state index in [9.17, 15) is 18.0 Å². The molecular formula is C23H28N2O5S. The summed E-state index contributed by atoms with van der Waals surface area (Å²) in [5.74, 6) is -0.910. The molecule has 1 heterocycles. The molecule has 31 heavy (non-hydrogen) atoms. The van der Waals surface area contributed by atoms with Crippen LogP contribution in [0, 0.1) is 6.92 Å². The summed E-state index contributed by atoms with van der Waals surface area (Å²) in [6.07, 6.45) is 3.74. The van der Waals surface area contributed by atoms with Crippen molar-refractivity contribution in [2.75, 3.05) is 25.0 Å². The lowest BCUT2D eigenvalue weighted by Gasteiger charge is -2.20.